The minimum atomic E-state index is -0.670. The number of nitrogens with one attached hydrogen (secondary N) is 1. The van der Waals surface area contributed by atoms with Crippen LogP contribution in [0.2, 0.25) is 0 Å². The number of rotatable bonds is 4. The van der Waals surface area contributed by atoms with Crippen molar-refractivity contribution in [1.82, 2.24) is 4.98 Å². The second kappa shape index (κ2) is 5.81. The third kappa shape index (κ3) is 2.69. The number of Topliss-reactive ketones (excluding diaryl/α,β-unsaturated/α-hetero) is 1. The number of furan rings is 1. The summed E-state index contributed by atoms with van der Waals surface area (Å²) in [4.78, 5) is 27.3. The van der Waals surface area contributed by atoms with Crippen molar-refractivity contribution >= 4 is 38.6 Å². The van der Waals surface area contributed by atoms with Gasteiger partial charge in [-0.3, -0.25) is 4.79 Å². The molecule has 0 radical (unpaired) electrons. The van der Waals surface area contributed by atoms with Gasteiger partial charge in [0.25, 0.3) is 0 Å². The molecule has 1 N–H and O–H groups in total. The van der Waals surface area contributed by atoms with Crippen LogP contribution in [-0.2, 0) is 4.74 Å². The number of aromatic amines is 1. The van der Waals surface area contributed by atoms with E-state index in [0.717, 1.165) is 16.6 Å². The second-order valence-corrected chi connectivity index (χ2v) is 5.56. The molecule has 0 unspecified atom stereocenters. The summed E-state index contributed by atoms with van der Waals surface area (Å²) in [6, 6.07) is 10.6. The molecule has 2 heterocycles. The Morgan fingerprint density at radius 1 is 1.23 bits per heavy atom. The Hall–Kier alpha value is -2.34. The maximum atomic E-state index is 12.3. The number of benzene rings is 1. The minimum absolute atomic E-state index is 0.0512. The molecule has 0 aliphatic carbocycles. The highest BCUT2D eigenvalue weighted by Gasteiger charge is 2.19. The molecule has 0 saturated heterocycles. The first-order valence-corrected chi connectivity index (χ1v) is 7.38. The van der Waals surface area contributed by atoms with Gasteiger partial charge in [-0.05, 0) is 41.1 Å². The van der Waals surface area contributed by atoms with Crippen LogP contribution >= 0.6 is 15.9 Å². The Bertz CT molecular complexity index is 862. The molecule has 0 amide bonds. The zero-order valence-electron chi connectivity index (χ0n) is 11.7. The van der Waals surface area contributed by atoms with Crippen molar-refractivity contribution in [1.29, 1.82) is 0 Å². The minimum Gasteiger partial charge on any atom is -0.451 e. The number of fused-ring (bicyclic) bond motifs is 1. The zero-order chi connectivity index (χ0) is 15.7. The predicted molar refractivity (Wildman–Crippen MR) is 84.1 cm³/mol. The molecule has 0 spiro atoms. The van der Waals surface area contributed by atoms with E-state index in [-0.39, 0.29) is 18.2 Å². The number of hydrogen-bond donors (Lipinski definition) is 1. The lowest BCUT2D eigenvalue weighted by atomic mass is 10.1. The standard InChI is InChI=1S/C16H12BrNO4/c1-9-15(10-4-2-3-5-11(10)18-9)12(19)8-21-16(20)13-6-7-14(17)22-13/h2-7,18H,8H2,1H3. The quantitative estimate of drug-likeness (QED) is 0.565. The fourth-order valence-corrected chi connectivity index (χ4v) is 2.64. The topological polar surface area (TPSA) is 72.3 Å². The SMILES string of the molecule is Cc1[nH]c2ccccc2c1C(=O)COC(=O)c1ccc(Br)o1. The molecular weight excluding hydrogens is 350 g/mol. The summed E-state index contributed by atoms with van der Waals surface area (Å²) < 4.78 is 10.5. The van der Waals surface area contributed by atoms with Crippen molar-refractivity contribution in [3.8, 4) is 0 Å². The molecule has 0 saturated carbocycles. The maximum absolute atomic E-state index is 12.3. The van der Waals surface area contributed by atoms with Gasteiger partial charge < -0.3 is 14.1 Å². The van der Waals surface area contributed by atoms with Gasteiger partial charge in [-0.15, -0.1) is 0 Å². The van der Waals surface area contributed by atoms with Crippen molar-refractivity contribution in [2.75, 3.05) is 6.61 Å². The van der Waals surface area contributed by atoms with Crippen LogP contribution in [0.15, 0.2) is 45.5 Å². The summed E-state index contributed by atoms with van der Waals surface area (Å²) in [5.74, 6) is -0.874. The monoisotopic (exact) mass is 361 g/mol. The summed E-state index contributed by atoms with van der Waals surface area (Å²) in [5, 5.41) is 0.821. The number of H-pyrrole nitrogens is 1. The lowest BCUT2D eigenvalue weighted by Crippen LogP contribution is -2.14. The van der Waals surface area contributed by atoms with Crippen molar-refractivity contribution < 1.29 is 18.7 Å². The lowest BCUT2D eigenvalue weighted by Gasteiger charge is -2.03. The molecule has 0 aliphatic heterocycles. The zero-order valence-corrected chi connectivity index (χ0v) is 13.3. The number of carbonyl (C=O) groups excluding carboxylic acids is 2. The molecule has 3 aromatic rings. The van der Waals surface area contributed by atoms with Gasteiger partial charge in [0.05, 0.1) is 0 Å². The molecule has 22 heavy (non-hydrogen) atoms. The van der Waals surface area contributed by atoms with Gasteiger partial charge in [-0.25, -0.2) is 4.79 Å². The summed E-state index contributed by atoms with van der Waals surface area (Å²) in [5.41, 5.74) is 2.18. The fraction of sp³-hybridized carbons (Fsp3) is 0.125. The first-order valence-electron chi connectivity index (χ1n) is 6.59. The lowest BCUT2D eigenvalue weighted by molar-refractivity contribution is 0.0443. The normalized spacial score (nSPS) is 10.8. The molecule has 1 aromatic carbocycles. The number of para-hydroxylation sites is 1. The number of hydrogen-bond acceptors (Lipinski definition) is 4. The van der Waals surface area contributed by atoms with Crippen LogP contribution in [0.1, 0.15) is 26.6 Å². The van der Waals surface area contributed by atoms with E-state index in [1.54, 1.807) is 6.07 Å². The first kappa shape index (κ1) is 14.6. The van der Waals surface area contributed by atoms with E-state index in [0.29, 0.717) is 10.2 Å². The number of ketones is 1. The van der Waals surface area contributed by atoms with Gasteiger partial charge in [0.1, 0.15) is 0 Å². The number of ether oxygens (including phenoxy) is 1. The number of carbonyl (C=O) groups is 2. The summed E-state index contributed by atoms with van der Waals surface area (Å²) >= 11 is 3.10. The van der Waals surface area contributed by atoms with E-state index in [2.05, 4.69) is 20.9 Å². The van der Waals surface area contributed by atoms with E-state index in [1.165, 1.54) is 6.07 Å². The average Bonchev–Trinajstić information content (AvgIpc) is 3.07. The Kier molecular flexibility index (Phi) is 3.85. The number of esters is 1. The van der Waals surface area contributed by atoms with E-state index < -0.39 is 5.97 Å². The van der Waals surface area contributed by atoms with Crippen LogP contribution in [0.5, 0.6) is 0 Å². The molecule has 0 bridgehead atoms. The van der Waals surface area contributed by atoms with Crippen molar-refractivity contribution in [2.45, 2.75) is 6.92 Å². The molecule has 2 aromatic heterocycles. The highest BCUT2D eigenvalue weighted by atomic mass is 79.9. The Morgan fingerprint density at radius 2 is 2.00 bits per heavy atom. The van der Waals surface area contributed by atoms with Gasteiger partial charge in [0.2, 0.25) is 11.5 Å². The Labute approximate surface area is 134 Å². The predicted octanol–water partition coefficient (Wildman–Crippen LogP) is 3.87. The highest BCUT2D eigenvalue weighted by Crippen LogP contribution is 2.22. The van der Waals surface area contributed by atoms with Crippen LogP contribution < -0.4 is 0 Å². The number of aryl methyl sites for hydroxylation is 1. The van der Waals surface area contributed by atoms with Crippen molar-refractivity contribution in [3.63, 3.8) is 0 Å². The number of halogens is 1. The molecule has 0 aliphatic rings. The second-order valence-electron chi connectivity index (χ2n) is 4.77. The van der Waals surface area contributed by atoms with E-state index in [4.69, 9.17) is 9.15 Å². The van der Waals surface area contributed by atoms with Crippen LogP contribution in [-0.4, -0.2) is 23.3 Å². The van der Waals surface area contributed by atoms with Crippen molar-refractivity contribution in [2.24, 2.45) is 0 Å². The van der Waals surface area contributed by atoms with Crippen LogP contribution in [0, 0.1) is 6.92 Å². The van der Waals surface area contributed by atoms with E-state index in [9.17, 15) is 9.59 Å². The third-order valence-corrected chi connectivity index (χ3v) is 3.71. The molecule has 0 fully saturated rings. The molecule has 6 heteroatoms. The number of aromatic nitrogens is 1. The average molecular weight is 362 g/mol. The largest absolute Gasteiger partial charge is 0.451 e. The van der Waals surface area contributed by atoms with Crippen LogP contribution in [0.3, 0.4) is 0 Å². The van der Waals surface area contributed by atoms with Crippen molar-refractivity contribution in [3.05, 3.63) is 58.1 Å². The first-order chi connectivity index (χ1) is 10.6. The molecule has 0 atom stereocenters. The van der Waals surface area contributed by atoms with Gasteiger partial charge in [-0.1, -0.05) is 18.2 Å². The van der Waals surface area contributed by atoms with E-state index in [1.807, 2.05) is 31.2 Å². The molecule has 5 nitrogen and oxygen atoms in total. The summed E-state index contributed by atoms with van der Waals surface area (Å²) in [6.07, 6.45) is 0. The summed E-state index contributed by atoms with van der Waals surface area (Å²) in [6.45, 7) is 1.48. The smallest absolute Gasteiger partial charge is 0.374 e. The molecular formula is C16H12BrNO4. The van der Waals surface area contributed by atoms with Crippen LogP contribution in [0.25, 0.3) is 10.9 Å². The van der Waals surface area contributed by atoms with Gasteiger partial charge in [0, 0.05) is 22.2 Å². The fourth-order valence-electron chi connectivity index (χ4n) is 2.33. The van der Waals surface area contributed by atoms with E-state index >= 15 is 0 Å². The van der Waals surface area contributed by atoms with Crippen LogP contribution in [0.4, 0.5) is 0 Å². The van der Waals surface area contributed by atoms with Gasteiger partial charge in [0.15, 0.2) is 11.3 Å². The Balaban J connectivity index is 1.76. The van der Waals surface area contributed by atoms with Gasteiger partial charge in [-0.2, -0.15) is 0 Å². The third-order valence-electron chi connectivity index (χ3n) is 3.28. The summed E-state index contributed by atoms with van der Waals surface area (Å²) in [7, 11) is 0. The van der Waals surface area contributed by atoms with Gasteiger partial charge >= 0.3 is 5.97 Å². The highest BCUT2D eigenvalue weighted by molar-refractivity contribution is 9.10. The molecule has 3 rings (SSSR count). The molecule has 112 valence electrons. The maximum Gasteiger partial charge on any atom is 0.374 e. The Morgan fingerprint density at radius 3 is 2.73 bits per heavy atom.